The van der Waals surface area contributed by atoms with Crippen LogP contribution in [0.2, 0.25) is 0 Å². The number of nitrogens with one attached hydrogen (secondary N) is 1. The van der Waals surface area contributed by atoms with Gasteiger partial charge in [0.1, 0.15) is 0 Å². The van der Waals surface area contributed by atoms with Crippen molar-refractivity contribution in [2.75, 3.05) is 13.1 Å². The van der Waals surface area contributed by atoms with Gasteiger partial charge in [-0.05, 0) is 29.8 Å². The van der Waals surface area contributed by atoms with Gasteiger partial charge in [0.05, 0.1) is 0 Å². The number of fused-ring (bicyclic) bond motifs is 3. The Bertz CT molecular complexity index is 1010. The quantitative estimate of drug-likeness (QED) is 0.582. The topological polar surface area (TPSA) is 60.0 Å². The first-order valence-electron chi connectivity index (χ1n) is 8.81. The molecule has 0 atom stereocenters. The molecule has 0 unspecified atom stereocenters. The van der Waals surface area contributed by atoms with Crippen LogP contribution in [0, 0.1) is 0 Å². The lowest BCUT2D eigenvalue weighted by atomic mass is 10.1. The van der Waals surface area contributed by atoms with Gasteiger partial charge in [0.15, 0.2) is 0 Å². The van der Waals surface area contributed by atoms with Gasteiger partial charge in [-0.2, -0.15) is 0 Å². The number of aromatic nitrogens is 1. The van der Waals surface area contributed by atoms with Crippen LogP contribution in [0.3, 0.4) is 0 Å². The Labute approximate surface area is 152 Å². The first-order valence-corrected chi connectivity index (χ1v) is 8.81. The molecule has 0 radical (unpaired) electrons. The zero-order chi connectivity index (χ0) is 17.9. The molecular weight excluding hydrogens is 322 g/mol. The third kappa shape index (κ3) is 2.95. The van der Waals surface area contributed by atoms with Crippen molar-refractivity contribution in [2.24, 2.45) is 5.73 Å². The number of nitrogens with two attached hydrogens (primary N) is 1. The zero-order valence-corrected chi connectivity index (χ0v) is 14.5. The largest absolute Gasteiger partial charge is 0.351 e. The fraction of sp³-hybridized carbons (Fsp3) is 0.136. The highest BCUT2D eigenvalue weighted by molar-refractivity contribution is 6.08. The lowest BCUT2D eigenvalue weighted by Crippen LogP contribution is -2.28. The fourth-order valence-corrected chi connectivity index (χ4v) is 3.41. The lowest BCUT2D eigenvalue weighted by Gasteiger charge is -2.09. The number of nitrogens with zero attached hydrogens (tertiary/aromatic N) is 1. The van der Waals surface area contributed by atoms with E-state index in [0.29, 0.717) is 18.7 Å². The number of para-hydroxylation sites is 2. The number of carbonyl (C=O) groups excluding carboxylic acids is 1. The van der Waals surface area contributed by atoms with Gasteiger partial charge in [0.25, 0.3) is 5.91 Å². The van der Waals surface area contributed by atoms with E-state index in [1.807, 2.05) is 24.3 Å². The highest BCUT2D eigenvalue weighted by Crippen LogP contribution is 2.29. The standard InChI is InChI=1S/C22H21N3O/c23-13-14-24-22(26)17-11-9-16(10-12-17)15-25-20-7-3-1-5-18(20)19-6-2-4-8-21(19)25/h1-12H,13-15,23H2,(H,24,26). The van der Waals surface area contributed by atoms with E-state index in [1.165, 1.54) is 21.8 Å². The van der Waals surface area contributed by atoms with Crippen LogP contribution in [0.1, 0.15) is 15.9 Å². The molecule has 0 saturated carbocycles. The van der Waals surface area contributed by atoms with Gasteiger partial charge in [0, 0.05) is 47.0 Å². The summed E-state index contributed by atoms with van der Waals surface area (Å²) in [6.07, 6.45) is 0. The second-order valence-electron chi connectivity index (χ2n) is 6.36. The van der Waals surface area contributed by atoms with Crippen molar-refractivity contribution in [1.82, 2.24) is 9.88 Å². The van der Waals surface area contributed by atoms with Crippen molar-refractivity contribution in [3.63, 3.8) is 0 Å². The number of benzene rings is 3. The third-order valence-electron chi connectivity index (χ3n) is 4.67. The summed E-state index contributed by atoms with van der Waals surface area (Å²) >= 11 is 0. The molecule has 4 nitrogen and oxygen atoms in total. The predicted octanol–water partition coefficient (Wildman–Crippen LogP) is 3.53. The Morgan fingerprint density at radius 2 is 1.42 bits per heavy atom. The predicted molar refractivity (Wildman–Crippen MR) is 106 cm³/mol. The van der Waals surface area contributed by atoms with Crippen LogP contribution in [0.15, 0.2) is 72.8 Å². The highest BCUT2D eigenvalue weighted by atomic mass is 16.1. The van der Waals surface area contributed by atoms with Crippen molar-refractivity contribution >= 4 is 27.7 Å². The molecule has 1 amide bonds. The van der Waals surface area contributed by atoms with Crippen LogP contribution in [-0.2, 0) is 6.54 Å². The second-order valence-corrected chi connectivity index (χ2v) is 6.36. The maximum atomic E-state index is 12.0. The summed E-state index contributed by atoms with van der Waals surface area (Å²) in [6.45, 7) is 1.69. The molecule has 0 aliphatic carbocycles. The molecule has 0 bridgehead atoms. The number of hydrogen-bond donors (Lipinski definition) is 2. The van der Waals surface area contributed by atoms with Crippen LogP contribution in [-0.4, -0.2) is 23.6 Å². The molecular formula is C22H21N3O. The third-order valence-corrected chi connectivity index (χ3v) is 4.67. The minimum atomic E-state index is -0.0844. The molecule has 3 N–H and O–H groups in total. The average Bonchev–Trinajstić information content (AvgIpc) is 3.01. The van der Waals surface area contributed by atoms with Crippen LogP contribution in [0.4, 0.5) is 0 Å². The maximum Gasteiger partial charge on any atom is 0.251 e. The lowest BCUT2D eigenvalue weighted by molar-refractivity contribution is 0.0954. The molecule has 4 rings (SSSR count). The minimum absolute atomic E-state index is 0.0844. The summed E-state index contributed by atoms with van der Waals surface area (Å²) in [5.41, 5.74) is 9.69. The monoisotopic (exact) mass is 343 g/mol. The van der Waals surface area contributed by atoms with Crippen molar-refractivity contribution in [2.45, 2.75) is 6.54 Å². The molecule has 26 heavy (non-hydrogen) atoms. The van der Waals surface area contributed by atoms with E-state index >= 15 is 0 Å². The summed E-state index contributed by atoms with van der Waals surface area (Å²) in [7, 11) is 0. The van der Waals surface area contributed by atoms with Crippen LogP contribution in [0.25, 0.3) is 21.8 Å². The number of carbonyl (C=O) groups is 1. The zero-order valence-electron chi connectivity index (χ0n) is 14.5. The van der Waals surface area contributed by atoms with Gasteiger partial charge in [-0.15, -0.1) is 0 Å². The molecule has 0 spiro atoms. The van der Waals surface area contributed by atoms with E-state index in [4.69, 9.17) is 5.73 Å². The Morgan fingerprint density at radius 1 is 0.846 bits per heavy atom. The Morgan fingerprint density at radius 3 is 2.00 bits per heavy atom. The SMILES string of the molecule is NCCNC(=O)c1ccc(Cn2c3ccccc3c3ccccc32)cc1. The highest BCUT2D eigenvalue weighted by Gasteiger charge is 2.10. The molecule has 4 aromatic rings. The van der Waals surface area contributed by atoms with Gasteiger partial charge in [-0.1, -0.05) is 48.5 Å². The molecule has 0 aliphatic rings. The van der Waals surface area contributed by atoms with Gasteiger partial charge in [-0.3, -0.25) is 4.79 Å². The number of hydrogen-bond acceptors (Lipinski definition) is 2. The van der Waals surface area contributed by atoms with E-state index in [2.05, 4.69) is 58.4 Å². The second kappa shape index (κ2) is 7.02. The molecule has 4 heteroatoms. The fourth-order valence-electron chi connectivity index (χ4n) is 3.41. The molecule has 3 aromatic carbocycles. The first kappa shape index (κ1) is 16.4. The molecule has 1 heterocycles. The van der Waals surface area contributed by atoms with E-state index in [0.717, 1.165) is 12.1 Å². The Kier molecular flexibility index (Phi) is 4.42. The molecule has 0 saturated heterocycles. The van der Waals surface area contributed by atoms with Gasteiger partial charge in [-0.25, -0.2) is 0 Å². The summed E-state index contributed by atoms with van der Waals surface area (Å²) in [6, 6.07) is 24.7. The van der Waals surface area contributed by atoms with E-state index in [-0.39, 0.29) is 5.91 Å². The van der Waals surface area contributed by atoms with E-state index < -0.39 is 0 Å². The summed E-state index contributed by atoms with van der Waals surface area (Å²) < 4.78 is 2.33. The molecule has 130 valence electrons. The Hall–Kier alpha value is -3.11. The van der Waals surface area contributed by atoms with E-state index in [1.54, 1.807) is 0 Å². The normalized spacial score (nSPS) is 11.1. The van der Waals surface area contributed by atoms with Gasteiger partial charge >= 0.3 is 0 Å². The summed E-state index contributed by atoms with van der Waals surface area (Å²) in [4.78, 5) is 12.0. The minimum Gasteiger partial charge on any atom is -0.351 e. The van der Waals surface area contributed by atoms with Gasteiger partial charge in [0.2, 0.25) is 0 Å². The molecule has 0 fully saturated rings. The van der Waals surface area contributed by atoms with Crippen molar-refractivity contribution in [3.05, 3.63) is 83.9 Å². The van der Waals surface area contributed by atoms with Gasteiger partial charge < -0.3 is 15.6 Å². The van der Waals surface area contributed by atoms with E-state index in [9.17, 15) is 4.79 Å². The first-order chi connectivity index (χ1) is 12.8. The average molecular weight is 343 g/mol. The molecule has 0 aliphatic heterocycles. The van der Waals surface area contributed by atoms with Crippen LogP contribution >= 0.6 is 0 Å². The molecule has 1 aromatic heterocycles. The van der Waals surface area contributed by atoms with Crippen molar-refractivity contribution in [1.29, 1.82) is 0 Å². The summed E-state index contributed by atoms with van der Waals surface area (Å²) in [5, 5.41) is 5.32. The van der Waals surface area contributed by atoms with Crippen LogP contribution < -0.4 is 11.1 Å². The van der Waals surface area contributed by atoms with Crippen molar-refractivity contribution in [3.8, 4) is 0 Å². The number of amides is 1. The van der Waals surface area contributed by atoms with Crippen molar-refractivity contribution < 1.29 is 4.79 Å². The van der Waals surface area contributed by atoms with Crippen LogP contribution in [0.5, 0.6) is 0 Å². The maximum absolute atomic E-state index is 12.0. The number of rotatable bonds is 5. The summed E-state index contributed by atoms with van der Waals surface area (Å²) in [5.74, 6) is -0.0844. The smallest absolute Gasteiger partial charge is 0.251 e. The Balaban J connectivity index is 1.68.